The molecule has 7 nitrogen and oxygen atoms in total. The molecule has 0 aromatic heterocycles. The fourth-order valence-corrected chi connectivity index (χ4v) is 6.84. The third-order valence-corrected chi connectivity index (χ3v) is 9.22. The lowest BCUT2D eigenvalue weighted by Crippen LogP contribution is -2.59. The normalized spacial score (nSPS) is 28.6. The summed E-state index contributed by atoms with van der Waals surface area (Å²) < 4.78 is 79.4. The topological polar surface area (TPSA) is 79.3 Å². The smallest absolute Gasteiger partial charge is 0.416 e. The zero-order valence-corrected chi connectivity index (χ0v) is 22.7. The first kappa shape index (κ1) is 28.9. The Morgan fingerprint density at radius 1 is 1.02 bits per heavy atom. The molecular weight excluding hydrogens is 563 g/mol. The van der Waals surface area contributed by atoms with E-state index < -0.39 is 35.0 Å². The van der Waals surface area contributed by atoms with Crippen LogP contribution in [0.5, 0.6) is 5.75 Å². The Hall–Kier alpha value is -3.25. The van der Waals surface area contributed by atoms with Crippen molar-refractivity contribution in [3.63, 3.8) is 0 Å². The zero-order chi connectivity index (χ0) is 29.8. The molecule has 3 fully saturated rings. The Kier molecular flexibility index (Phi) is 7.41. The number of likely N-dealkylation sites (tertiary alicyclic amines) is 1. The van der Waals surface area contributed by atoms with Gasteiger partial charge in [0.05, 0.1) is 24.6 Å². The van der Waals surface area contributed by atoms with E-state index in [0.717, 1.165) is 24.5 Å². The molecule has 2 unspecified atom stereocenters. The van der Waals surface area contributed by atoms with Crippen LogP contribution >= 0.6 is 0 Å². The lowest BCUT2D eigenvalue weighted by Gasteiger charge is -2.47. The van der Waals surface area contributed by atoms with Crippen LogP contribution in [0, 0.1) is 23.5 Å². The molecule has 2 aromatic carbocycles. The Morgan fingerprint density at radius 3 is 2.38 bits per heavy atom. The number of carbonyl (C=O) groups excluding carboxylic acids is 1. The Morgan fingerprint density at radius 2 is 1.76 bits per heavy atom. The molecule has 2 saturated heterocycles. The highest BCUT2D eigenvalue weighted by molar-refractivity contribution is 5.86. The molecule has 4 atom stereocenters. The monoisotopic (exact) mass is 594 g/mol. The minimum absolute atomic E-state index is 0.0402. The number of hydrogen-bond donors (Lipinski definition) is 1. The summed E-state index contributed by atoms with van der Waals surface area (Å²) in [4.78, 5) is 29.4. The number of carboxylic acids is 1. The van der Waals surface area contributed by atoms with Crippen LogP contribution in [0.1, 0.15) is 54.7 Å². The van der Waals surface area contributed by atoms with Gasteiger partial charge in [0.25, 0.3) is 5.91 Å². The van der Waals surface area contributed by atoms with Crippen molar-refractivity contribution in [3.05, 3.63) is 64.7 Å². The summed E-state index contributed by atoms with van der Waals surface area (Å²) >= 11 is 0. The van der Waals surface area contributed by atoms with Gasteiger partial charge >= 0.3 is 12.1 Å². The number of hydrogen-bond acceptors (Lipinski definition) is 5. The SMILES string of the molecule is O=C(O)C1CN(C2CC[C@@](C(=O)N3COc4c(F)cc(C(F)(F)F)cc4C3)(C3CC3)OC2)CC[C@H]1c1ccc(F)cc1. The molecule has 6 rings (SSSR count). The quantitative estimate of drug-likeness (QED) is 0.481. The summed E-state index contributed by atoms with van der Waals surface area (Å²) in [5.41, 5.74) is -1.57. The van der Waals surface area contributed by atoms with Gasteiger partial charge in [-0.25, -0.2) is 8.78 Å². The number of ether oxygens (including phenoxy) is 2. The van der Waals surface area contributed by atoms with E-state index in [9.17, 15) is 36.6 Å². The summed E-state index contributed by atoms with van der Waals surface area (Å²) in [5.74, 6) is -4.07. The van der Waals surface area contributed by atoms with Crippen molar-refractivity contribution < 1.29 is 46.1 Å². The van der Waals surface area contributed by atoms with E-state index in [2.05, 4.69) is 4.90 Å². The molecule has 4 aliphatic rings. The summed E-state index contributed by atoms with van der Waals surface area (Å²) in [5, 5.41) is 9.99. The lowest BCUT2D eigenvalue weighted by molar-refractivity contribution is -0.181. The minimum atomic E-state index is -4.74. The number of rotatable bonds is 5. The Labute approximate surface area is 239 Å². The molecule has 3 heterocycles. The van der Waals surface area contributed by atoms with Crippen LogP contribution in [-0.2, 0) is 27.0 Å². The van der Waals surface area contributed by atoms with Gasteiger partial charge in [0, 0.05) is 18.2 Å². The summed E-state index contributed by atoms with van der Waals surface area (Å²) in [6, 6.07) is 7.03. The van der Waals surface area contributed by atoms with Gasteiger partial charge in [-0.3, -0.25) is 14.5 Å². The average Bonchev–Trinajstić information content (AvgIpc) is 3.82. The second-order valence-electron chi connectivity index (χ2n) is 11.8. The van der Waals surface area contributed by atoms with Crippen LogP contribution in [0.25, 0.3) is 0 Å². The molecule has 1 amide bonds. The molecule has 1 aliphatic carbocycles. The number of alkyl halides is 3. The second-order valence-corrected chi connectivity index (χ2v) is 11.8. The predicted molar refractivity (Wildman–Crippen MR) is 138 cm³/mol. The number of carbonyl (C=O) groups is 2. The fraction of sp³-hybridized carbons (Fsp3) is 0.533. The Balaban J connectivity index is 1.14. The van der Waals surface area contributed by atoms with Gasteiger partial charge < -0.3 is 19.5 Å². The summed E-state index contributed by atoms with van der Waals surface area (Å²) in [6.45, 7) is 0.585. The van der Waals surface area contributed by atoms with Gasteiger partial charge in [-0.15, -0.1) is 0 Å². The van der Waals surface area contributed by atoms with Crippen LogP contribution < -0.4 is 4.74 Å². The maximum atomic E-state index is 14.4. The zero-order valence-electron chi connectivity index (χ0n) is 22.7. The van der Waals surface area contributed by atoms with Crippen molar-refractivity contribution in [1.29, 1.82) is 0 Å². The number of benzene rings is 2. The molecule has 226 valence electrons. The van der Waals surface area contributed by atoms with Crippen molar-refractivity contribution >= 4 is 11.9 Å². The highest BCUT2D eigenvalue weighted by Gasteiger charge is 2.56. The highest BCUT2D eigenvalue weighted by Crippen LogP contribution is 2.49. The average molecular weight is 595 g/mol. The number of piperidine rings is 1. The molecule has 12 heteroatoms. The number of halogens is 5. The van der Waals surface area contributed by atoms with Crippen LogP contribution in [-0.4, -0.2) is 64.9 Å². The first-order chi connectivity index (χ1) is 20.0. The van der Waals surface area contributed by atoms with E-state index >= 15 is 0 Å². The van der Waals surface area contributed by atoms with Crippen LogP contribution in [0.15, 0.2) is 36.4 Å². The maximum Gasteiger partial charge on any atom is 0.416 e. The fourth-order valence-electron chi connectivity index (χ4n) is 6.84. The van der Waals surface area contributed by atoms with E-state index in [1.807, 2.05) is 0 Å². The number of carboxylic acid groups (broad SMARTS) is 1. The van der Waals surface area contributed by atoms with Gasteiger partial charge in [-0.2, -0.15) is 13.2 Å². The summed E-state index contributed by atoms with van der Waals surface area (Å²) in [7, 11) is 0. The largest absolute Gasteiger partial charge is 0.481 e. The maximum absolute atomic E-state index is 14.4. The van der Waals surface area contributed by atoms with E-state index in [1.54, 1.807) is 12.1 Å². The van der Waals surface area contributed by atoms with E-state index in [-0.39, 0.29) is 60.8 Å². The first-order valence-corrected chi connectivity index (χ1v) is 14.1. The second kappa shape index (κ2) is 10.8. The predicted octanol–water partition coefficient (Wildman–Crippen LogP) is 5.18. The standard InChI is InChI=1S/C30H31F5N2O5/c31-21-5-1-17(2-6-21)23-8-10-36(14-24(23)27(38)39)22-7-9-29(42-15-22,19-3-4-19)28(40)37-13-18-11-20(30(33,34)35)12-25(32)26(18)41-16-37/h1-2,5-6,11-12,19,22-24H,3-4,7-10,13-16H2,(H,38,39)/t22?,23-,24?,29-/m0/s1. The number of nitrogens with zero attached hydrogens (tertiary/aromatic N) is 2. The Bertz CT molecular complexity index is 1360. The molecule has 0 bridgehead atoms. The minimum Gasteiger partial charge on any atom is -0.481 e. The highest BCUT2D eigenvalue weighted by atomic mass is 19.4. The van der Waals surface area contributed by atoms with Crippen molar-refractivity contribution in [2.24, 2.45) is 11.8 Å². The molecule has 1 N–H and O–H groups in total. The molecular formula is C30H31F5N2O5. The van der Waals surface area contributed by atoms with Gasteiger partial charge in [0.1, 0.15) is 11.4 Å². The van der Waals surface area contributed by atoms with Crippen LogP contribution in [0.3, 0.4) is 0 Å². The molecule has 1 saturated carbocycles. The third-order valence-electron chi connectivity index (χ3n) is 9.22. The van der Waals surface area contributed by atoms with E-state index in [0.29, 0.717) is 38.4 Å². The van der Waals surface area contributed by atoms with Crippen LogP contribution in [0.2, 0.25) is 0 Å². The number of aliphatic carboxylic acids is 1. The molecule has 0 radical (unpaired) electrons. The molecule has 0 spiro atoms. The van der Waals surface area contributed by atoms with Crippen LogP contribution in [0.4, 0.5) is 22.0 Å². The van der Waals surface area contributed by atoms with Crippen molar-refractivity contribution in [2.75, 3.05) is 26.4 Å². The van der Waals surface area contributed by atoms with Gasteiger partial charge in [-0.1, -0.05) is 12.1 Å². The van der Waals surface area contributed by atoms with Gasteiger partial charge in [0.15, 0.2) is 18.3 Å². The van der Waals surface area contributed by atoms with Gasteiger partial charge in [0.2, 0.25) is 0 Å². The van der Waals surface area contributed by atoms with Gasteiger partial charge in [-0.05, 0) is 80.3 Å². The third kappa shape index (κ3) is 5.34. The number of amides is 1. The van der Waals surface area contributed by atoms with E-state index in [4.69, 9.17) is 9.47 Å². The van der Waals surface area contributed by atoms with Crippen molar-refractivity contribution in [2.45, 2.75) is 62.4 Å². The number of fused-ring (bicyclic) bond motifs is 1. The summed E-state index contributed by atoms with van der Waals surface area (Å²) in [6.07, 6.45) is -1.67. The first-order valence-electron chi connectivity index (χ1n) is 14.1. The van der Waals surface area contributed by atoms with Crippen molar-refractivity contribution in [3.8, 4) is 5.75 Å². The van der Waals surface area contributed by atoms with E-state index in [1.165, 1.54) is 17.0 Å². The van der Waals surface area contributed by atoms with Crippen molar-refractivity contribution in [1.82, 2.24) is 9.80 Å². The lowest BCUT2D eigenvalue weighted by atomic mass is 9.79. The molecule has 42 heavy (non-hydrogen) atoms. The molecule has 3 aliphatic heterocycles. The molecule has 2 aromatic rings.